The van der Waals surface area contributed by atoms with E-state index >= 15 is 0 Å². The summed E-state index contributed by atoms with van der Waals surface area (Å²) in [6.45, 7) is 34.2. The maximum Gasteiger partial charge on any atom is 0.145 e. The minimum atomic E-state index is -0.0476. The Morgan fingerprint density at radius 1 is 0.750 bits per heavy atom. The van der Waals surface area contributed by atoms with Crippen LogP contribution in [0.3, 0.4) is 0 Å². The quantitative estimate of drug-likeness (QED) is 0.0623. The van der Waals surface area contributed by atoms with Crippen LogP contribution in [0.1, 0.15) is 77.9 Å². The first kappa shape index (κ1) is 46.2. The predicted molar refractivity (Wildman–Crippen MR) is 278 cm³/mol. The molecule has 0 bridgehead atoms. The number of hydrogen-bond donors (Lipinski definition) is 0. The maximum atomic E-state index is 5.37. The number of aromatic nitrogens is 4. The second kappa shape index (κ2) is 19.8. The minimum absolute atomic E-state index is 0.00348. The molecule has 0 atom stereocenters. The van der Waals surface area contributed by atoms with Gasteiger partial charge in [0.25, 0.3) is 0 Å². The Labute approximate surface area is 381 Å². The molecular formula is C58H62N6. The van der Waals surface area contributed by atoms with Crippen molar-refractivity contribution in [1.29, 1.82) is 0 Å². The van der Waals surface area contributed by atoms with Gasteiger partial charge in [-0.25, -0.2) is 9.97 Å². The second-order valence-electron chi connectivity index (χ2n) is 17.7. The zero-order valence-electron chi connectivity index (χ0n) is 39.1. The molecule has 0 saturated carbocycles. The summed E-state index contributed by atoms with van der Waals surface area (Å²) in [6, 6.07) is 33.9. The molecule has 0 spiro atoms. The van der Waals surface area contributed by atoms with E-state index in [2.05, 4.69) is 188 Å². The van der Waals surface area contributed by atoms with Crippen LogP contribution in [-0.2, 0) is 5.41 Å². The van der Waals surface area contributed by atoms with Gasteiger partial charge < -0.3 is 4.90 Å². The molecule has 0 aliphatic rings. The van der Waals surface area contributed by atoms with E-state index in [1.807, 2.05) is 73.2 Å². The van der Waals surface area contributed by atoms with Crippen LogP contribution < -0.4 is 4.90 Å². The molecule has 6 heteroatoms. The second-order valence-corrected chi connectivity index (χ2v) is 17.7. The molecule has 6 aromatic rings. The molecule has 0 amide bonds. The monoisotopic (exact) mass is 843 g/mol. The lowest BCUT2D eigenvalue weighted by molar-refractivity contribution is 0.517. The Morgan fingerprint density at radius 3 is 2.03 bits per heavy atom. The summed E-state index contributed by atoms with van der Waals surface area (Å²) in [4.78, 5) is 17.9. The van der Waals surface area contributed by atoms with Gasteiger partial charge in [-0.15, -0.1) is 0 Å². The van der Waals surface area contributed by atoms with E-state index in [0.717, 1.165) is 67.7 Å². The van der Waals surface area contributed by atoms with Crippen LogP contribution in [-0.4, -0.2) is 32.0 Å². The largest absolute Gasteiger partial charge is 0.302 e. The first-order valence-electron chi connectivity index (χ1n) is 21.8. The molecule has 0 aliphatic heterocycles. The van der Waals surface area contributed by atoms with E-state index in [1.54, 1.807) is 6.08 Å². The molecular weight excluding hydrogens is 781 g/mol. The third-order valence-corrected chi connectivity index (χ3v) is 11.0. The zero-order valence-corrected chi connectivity index (χ0v) is 39.1. The number of imidazole rings is 2. The minimum Gasteiger partial charge on any atom is -0.302 e. The Kier molecular flexibility index (Phi) is 14.3. The number of nitrogens with zero attached hydrogens (tertiary/aromatic N) is 6. The highest BCUT2D eigenvalue weighted by molar-refractivity contribution is 6.12. The third kappa shape index (κ3) is 10.1. The number of anilines is 1. The highest BCUT2D eigenvalue weighted by atomic mass is 15.2. The molecule has 0 saturated heterocycles. The summed E-state index contributed by atoms with van der Waals surface area (Å²) < 4.78 is 4.29. The summed E-state index contributed by atoms with van der Waals surface area (Å²) in [5.74, 6) is 2.20. The fourth-order valence-electron chi connectivity index (χ4n) is 7.57. The molecule has 0 radical (unpaired) electrons. The lowest BCUT2D eigenvalue weighted by Crippen LogP contribution is -2.26. The van der Waals surface area contributed by atoms with Crippen LogP contribution in [0.4, 0.5) is 5.69 Å². The molecule has 2 heterocycles. The van der Waals surface area contributed by atoms with Crippen LogP contribution in [0, 0.1) is 5.41 Å². The molecule has 2 aromatic heterocycles. The van der Waals surface area contributed by atoms with E-state index in [-0.39, 0.29) is 10.8 Å². The SMILES string of the molecule is C=CC(=C)/C=C\C(=C)n1c(-c2cc(C(=NC)N(/C=C/C=C(\C=C/C)C(C)(C)C)c3ccccc3)cc(-c3nc4ccccc4n3-c3ccc(C(C)(C)C)cc3)c2)nc(/C=C\C)c1C=C. The van der Waals surface area contributed by atoms with Gasteiger partial charge in [-0.1, -0.05) is 147 Å². The smallest absolute Gasteiger partial charge is 0.145 e. The van der Waals surface area contributed by atoms with E-state index in [0.29, 0.717) is 11.5 Å². The molecule has 0 unspecified atom stereocenters. The number of hydrogen-bond acceptors (Lipinski definition) is 3. The molecule has 4 aromatic carbocycles. The molecule has 64 heavy (non-hydrogen) atoms. The summed E-state index contributed by atoms with van der Waals surface area (Å²) in [7, 11) is 1.84. The number of rotatable bonds is 14. The Morgan fingerprint density at radius 2 is 1.42 bits per heavy atom. The van der Waals surface area contributed by atoms with Crippen molar-refractivity contribution in [1.82, 2.24) is 19.1 Å². The van der Waals surface area contributed by atoms with Gasteiger partial charge in [0, 0.05) is 47.0 Å². The molecule has 0 N–H and O–H groups in total. The van der Waals surface area contributed by atoms with Crippen molar-refractivity contribution in [3.05, 3.63) is 212 Å². The summed E-state index contributed by atoms with van der Waals surface area (Å²) in [5, 5.41) is 0. The normalized spacial score (nSPS) is 13.0. The van der Waals surface area contributed by atoms with Crippen LogP contribution in [0.25, 0.3) is 57.3 Å². The molecule has 324 valence electrons. The van der Waals surface area contributed by atoms with Crippen LogP contribution in [0.5, 0.6) is 0 Å². The third-order valence-electron chi connectivity index (χ3n) is 11.0. The molecule has 6 rings (SSSR count). The molecule has 0 aliphatic carbocycles. The van der Waals surface area contributed by atoms with Crippen molar-refractivity contribution < 1.29 is 0 Å². The fraction of sp³-hybridized carbons (Fsp3) is 0.190. The lowest BCUT2D eigenvalue weighted by Gasteiger charge is -2.24. The van der Waals surface area contributed by atoms with Crippen molar-refractivity contribution in [3.63, 3.8) is 0 Å². The Hall–Kier alpha value is -7.31. The Balaban J connectivity index is 1.70. The van der Waals surface area contributed by atoms with Gasteiger partial charge in [0.2, 0.25) is 0 Å². The van der Waals surface area contributed by atoms with Crippen molar-refractivity contribution in [3.8, 4) is 28.5 Å². The summed E-state index contributed by atoms with van der Waals surface area (Å²) in [5.41, 5.74) is 11.9. The van der Waals surface area contributed by atoms with Crippen LogP contribution in [0.15, 0.2) is 194 Å². The number of aliphatic imine (C=N–C) groups is 1. The van der Waals surface area contributed by atoms with Gasteiger partial charge in [-0.3, -0.25) is 14.1 Å². The highest BCUT2D eigenvalue weighted by Gasteiger charge is 2.24. The standard InChI is InChI=1S/C58H62N6/c1-14-24-46(57(7,8)9)26-23-37-62(48-27-19-18-20-28-48)54(59-13)43-38-44(55-60-50(25-15-2)52(17-4)63(55)42(6)32-31-41(5)16-3)40-45(39-43)56-61-51-29-21-22-30-53(51)64(56)49-35-33-47(34-36-49)58(10,11)12/h14-40H,3-6H2,1-2,7-13H3/b24-14-,25-15-,32-31-,37-23+,46-26+,59-54?. The number of fused-ring (bicyclic) bond motifs is 1. The van der Waals surface area contributed by atoms with Gasteiger partial charge in [0.1, 0.15) is 17.5 Å². The number of para-hydroxylation sites is 3. The summed E-state index contributed by atoms with van der Waals surface area (Å²) in [6.07, 6.45) is 22.0. The average Bonchev–Trinajstić information content (AvgIpc) is 3.86. The highest BCUT2D eigenvalue weighted by Crippen LogP contribution is 2.36. The predicted octanol–water partition coefficient (Wildman–Crippen LogP) is 15.2. The summed E-state index contributed by atoms with van der Waals surface area (Å²) >= 11 is 0. The zero-order chi connectivity index (χ0) is 46.2. The van der Waals surface area contributed by atoms with Crippen molar-refractivity contribution in [2.75, 3.05) is 11.9 Å². The molecule has 6 nitrogen and oxygen atoms in total. The van der Waals surface area contributed by atoms with Gasteiger partial charge in [-0.2, -0.15) is 0 Å². The van der Waals surface area contributed by atoms with Gasteiger partial charge in [0.15, 0.2) is 0 Å². The first-order valence-corrected chi connectivity index (χ1v) is 21.8. The van der Waals surface area contributed by atoms with Crippen LogP contribution in [0.2, 0.25) is 0 Å². The molecule has 0 fully saturated rings. The number of allylic oxidation sites excluding steroid dienone is 11. The van der Waals surface area contributed by atoms with Gasteiger partial charge in [0.05, 0.1) is 22.4 Å². The number of benzene rings is 4. The number of amidine groups is 1. The topological polar surface area (TPSA) is 51.2 Å². The van der Waals surface area contributed by atoms with Crippen molar-refractivity contribution in [2.45, 2.75) is 60.8 Å². The van der Waals surface area contributed by atoms with E-state index in [1.165, 1.54) is 11.1 Å². The fourth-order valence-corrected chi connectivity index (χ4v) is 7.57. The van der Waals surface area contributed by atoms with Crippen LogP contribution >= 0.6 is 0 Å². The Bertz CT molecular complexity index is 2870. The van der Waals surface area contributed by atoms with E-state index < -0.39 is 0 Å². The van der Waals surface area contributed by atoms with Gasteiger partial charge in [-0.05, 0) is 120 Å². The van der Waals surface area contributed by atoms with Crippen molar-refractivity contribution in [2.24, 2.45) is 10.4 Å². The first-order chi connectivity index (χ1) is 30.6. The lowest BCUT2D eigenvalue weighted by atomic mass is 9.86. The van der Waals surface area contributed by atoms with E-state index in [4.69, 9.17) is 15.0 Å². The van der Waals surface area contributed by atoms with Crippen molar-refractivity contribution >= 4 is 40.4 Å². The maximum absolute atomic E-state index is 5.37. The van der Waals surface area contributed by atoms with E-state index in [9.17, 15) is 0 Å². The van der Waals surface area contributed by atoms with Gasteiger partial charge >= 0.3 is 0 Å². The average molecular weight is 843 g/mol.